The molecule has 1 aromatic rings. The number of rotatable bonds is 5. The minimum atomic E-state index is 0.811. The number of hydrogen-bond donors (Lipinski definition) is 0. The predicted molar refractivity (Wildman–Crippen MR) is 81.6 cm³/mol. The fourth-order valence-electron chi connectivity index (χ4n) is 3.47. The molecule has 1 nitrogen and oxygen atoms in total. The van der Waals surface area contributed by atoms with E-state index in [0.29, 0.717) is 0 Å². The van der Waals surface area contributed by atoms with Gasteiger partial charge in [0, 0.05) is 0 Å². The first-order valence-electron chi connectivity index (χ1n) is 7.85. The zero-order valence-corrected chi connectivity index (χ0v) is 12.7. The summed E-state index contributed by atoms with van der Waals surface area (Å²) in [6, 6.07) is 8.59. The molecule has 1 aromatic carbocycles. The predicted octanol–water partition coefficient (Wildman–Crippen LogP) is 5.09. The number of ether oxygens (including phenoxy) is 1. The van der Waals surface area contributed by atoms with Crippen LogP contribution >= 0.6 is 0 Å². The van der Waals surface area contributed by atoms with E-state index in [9.17, 15) is 0 Å². The molecule has 0 N–H and O–H groups in total. The average molecular weight is 260 g/mol. The van der Waals surface area contributed by atoms with Crippen LogP contribution in [0, 0.1) is 17.8 Å². The van der Waals surface area contributed by atoms with E-state index in [4.69, 9.17) is 4.74 Å². The molecular weight excluding hydrogens is 232 g/mol. The van der Waals surface area contributed by atoms with Crippen LogP contribution < -0.4 is 4.74 Å². The van der Waals surface area contributed by atoms with Crippen molar-refractivity contribution in [3.63, 3.8) is 0 Å². The molecule has 19 heavy (non-hydrogen) atoms. The van der Waals surface area contributed by atoms with Crippen molar-refractivity contribution in [1.29, 1.82) is 0 Å². The fourth-order valence-corrected chi connectivity index (χ4v) is 3.47. The molecule has 0 saturated heterocycles. The van der Waals surface area contributed by atoms with Gasteiger partial charge in [0.25, 0.3) is 0 Å². The van der Waals surface area contributed by atoms with Gasteiger partial charge in [-0.15, -0.1) is 0 Å². The van der Waals surface area contributed by atoms with Gasteiger partial charge >= 0.3 is 0 Å². The summed E-state index contributed by atoms with van der Waals surface area (Å²) in [6.07, 6.45) is 8.37. The summed E-state index contributed by atoms with van der Waals surface area (Å²) in [7, 11) is 1.73. The highest BCUT2D eigenvalue weighted by atomic mass is 16.5. The van der Waals surface area contributed by atoms with Gasteiger partial charge in [0.1, 0.15) is 5.75 Å². The van der Waals surface area contributed by atoms with Crippen molar-refractivity contribution in [2.45, 2.75) is 52.4 Å². The number of hydrogen-bond acceptors (Lipinski definition) is 1. The summed E-state index contributed by atoms with van der Waals surface area (Å²) in [5, 5.41) is 0. The van der Waals surface area contributed by atoms with Crippen LogP contribution in [0.3, 0.4) is 0 Å². The first-order valence-corrected chi connectivity index (χ1v) is 7.85. The standard InChI is InChI=1S/C18H28O/c1-4-15-5-9-17(10-6-15)14(2)13-16-7-11-18(19-3)12-8-16/h7-8,11-12,14-15,17H,4-6,9-10,13H2,1-3H3. The first-order chi connectivity index (χ1) is 9.22. The van der Waals surface area contributed by atoms with Crippen molar-refractivity contribution >= 4 is 0 Å². The molecule has 1 aliphatic rings. The Hall–Kier alpha value is -0.980. The van der Waals surface area contributed by atoms with Crippen LogP contribution in [0.4, 0.5) is 0 Å². The van der Waals surface area contributed by atoms with Crippen molar-refractivity contribution in [1.82, 2.24) is 0 Å². The smallest absolute Gasteiger partial charge is 0.118 e. The fraction of sp³-hybridized carbons (Fsp3) is 0.667. The molecule has 1 fully saturated rings. The molecule has 1 aliphatic carbocycles. The van der Waals surface area contributed by atoms with E-state index >= 15 is 0 Å². The highest BCUT2D eigenvalue weighted by Gasteiger charge is 2.24. The highest BCUT2D eigenvalue weighted by Crippen LogP contribution is 2.36. The highest BCUT2D eigenvalue weighted by molar-refractivity contribution is 5.27. The molecule has 0 amide bonds. The Morgan fingerprint density at radius 2 is 1.74 bits per heavy atom. The van der Waals surface area contributed by atoms with E-state index in [0.717, 1.165) is 23.5 Å². The Bertz CT molecular complexity index is 360. The van der Waals surface area contributed by atoms with E-state index in [2.05, 4.69) is 38.1 Å². The summed E-state index contributed by atoms with van der Waals surface area (Å²) in [5.74, 6) is 3.71. The van der Waals surface area contributed by atoms with E-state index < -0.39 is 0 Å². The minimum Gasteiger partial charge on any atom is -0.497 e. The molecule has 0 aliphatic heterocycles. The number of methoxy groups -OCH3 is 1. The lowest BCUT2D eigenvalue weighted by Crippen LogP contribution is -2.21. The lowest BCUT2D eigenvalue weighted by Gasteiger charge is -2.32. The summed E-state index contributed by atoms with van der Waals surface area (Å²) < 4.78 is 5.21. The molecule has 0 heterocycles. The van der Waals surface area contributed by atoms with E-state index in [1.165, 1.54) is 44.1 Å². The third-order valence-corrected chi connectivity index (χ3v) is 4.99. The van der Waals surface area contributed by atoms with Crippen molar-refractivity contribution in [2.24, 2.45) is 17.8 Å². The summed E-state index contributed by atoms with van der Waals surface area (Å²) in [5.41, 5.74) is 1.45. The van der Waals surface area contributed by atoms with Crippen LogP contribution in [0.5, 0.6) is 5.75 Å². The van der Waals surface area contributed by atoms with Crippen molar-refractivity contribution < 1.29 is 4.74 Å². The largest absolute Gasteiger partial charge is 0.497 e. The van der Waals surface area contributed by atoms with Crippen LogP contribution in [0.25, 0.3) is 0 Å². The average Bonchev–Trinajstić information content (AvgIpc) is 2.48. The molecule has 1 unspecified atom stereocenters. The van der Waals surface area contributed by atoms with Gasteiger partial charge in [-0.05, 0) is 54.7 Å². The van der Waals surface area contributed by atoms with Gasteiger partial charge in [-0.3, -0.25) is 0 Å². The van der Waals surface area contributed by atoms with Gasteiger partial charge in [0.15, 0.2) is 0 Å². The van der Waals surface area contributed by atoms with Crippen molar-refractivity contribution in [3.05, 3.63) is 29.8 Å². The molecule has 0 spiro atoms. The third kappa shape index (κ3) is 3.99. The molecule has 1 saturated carbocycles. The summed E-state index contributed by atoms with van der Waals surface area (Å²) >= 11 is 0. The molecule has 0 aromatic heterocycles. The van der Waals surface area contributed by atoms with Gasteiger partial charge < -0.3 is 4.74 Å². The van der Waals surface area contributed by atoms with Gasteiger partial charge in [0.05, 0.1) is 7.11 Å². The summed E-state index contributed by atoms with van der Waals surface area (Å²) in [4.78, 5) is 0. The maximum atomic E-state index is 5.21. The second kappa shape index (κ2) is 6.98. The van der Waals surface area contributed by atoms with Gasteiger partial charge in [-0.25, -0.2) is 0 Å². The second-order valence-electron chi connectivity index (χ2n) is 6.22. The van der Waals surface area contributed by atoms with Gasteiger partial charge in [-0.2, -0.15) is 0 Å². The van der Waals surface area contributed by atoms with Crippen LogP contribution in [-0.2, 0) is 6.42 Å². The Balaban J connectivity index is 1.84. The normalized spacial score (nSPS) is 25.0. The Kier molecular flexibility index (Phi) is 5.30. The number of benzene rings is 1. The maximum absolute atomic E-state index is 5.21. The van der Waals surface area contributed by atoms with Gasteiger partial charge in [0.2, 0.25) is 0 Å². The maximum Gasteiger partial charge on any atom is 0.118 e. The second-order valence-corrected chi connectivity index (χ2v) is 6.22. The van der Waals surface area contributed by atoms with Crippen molar-refractivity contribution in [3.8, 4) is 5.75 Å². The Labute approximate surface area is 118 Å². The first kappa shape index (κ1) is 14.4. The molecule has 2 rings (SSSR count). The van der Waals surface area contributed by atoms with E-state index in [1.54, 1.807) is 7.11 Å². The topological polar surface area (TPSA) is 9.23 Å². The van der Waals surface area contributed by atoms with Crippen molar-refractivity contribution in [2.75, 3.05) is 7.11 Å². The van der Waals surface area contributed by atoms with Crippen LogP contribution in [0.2, 0.25) is 0 Å². The van der Waals surface area contributed by atoms with E-state index in [-0.39, 0.29) is 0 Å². The third-order valence-electron chi connectivity index (χ3n) is 4.99. The Morgan fingerprint density at radius 3 is 2.26 bits per heavy atom. The zero-order valence-electron chi connectivity index (χ0n) is 12.7. The molecule has 0 bridgehead atoms. The summed E-state index contributed by atoms with van der Waals surface area (Å²) in [6.45, 7) is 4.77. The molecular formula is C18H28O. The SMILES string of the molecule is CCC1CCC(C(C)Cc2ccc(OC)cc2)CC1. The van der Waals surface area contributed by atoms with Gasteiger partial charge in [-0.1, -0.05) is 45.2 Å². The van der Waals surface area contributed by atoms with Crippen LogP contribution in [0.15, 0.2) is 24.3 Å². The van der Waals surface area contributed by atoms with Crippen LogP contribution in [0.1, 0.15) is 51.5 Å². The van der Waals surface area contributed by atoms with E-state index in [1.807, 2.05) is 0 Å². The lowest BCUT2D eigenvalue weighted by atomic mass is 9.74. The lowest BCUT2D eigenvalue weighted by molar-refractivity contribution is 0.210. The molecule has 106 valence electrons. The molecule has 0 radical (unpaired) electrons. The monoisotopic (exact) mass is 260 g/mol. The Morgan fingerprint density at radius 1 is 1.11 bits per heavy atom. The molecule has 1 atom stereocenters. The minimum absolute atomic E-state index is 0.811. The quantitative estimate of drug-likeness (QED) is 0.716. The zero-order chi connectivity index (χ0) is 13.7. The van der Waals surface area contributed by atoms with Crippen LogP contribution in [-0.4, -0.2) is 7.11 Å². The molecule has 1 heteroatoms.